The molecule has 0 atom stereocenters. The van der Waals surface area contributed by atoms with Crippen molar-refractivity contribution in [2.75, 3.05) is 12.0 Å². The lowest BCUT2D eigenvalue weighted by Gasteiger charge is -2.14. The molecule has 12 nitrogen and oxygen atoms in total. The summed E-state index contributed by atoms with van der Waals surface area (Å²) in [5.41, 5.74) is 1.97. The first kappa shape index (κ1) is 25.8. The number of ether oxygens (including phenoxy) is 1. The number of anilines is 1. The number of rotatable bonds is 10. The number of nitrogens with one attached hydrogen (secondary N) is 1. The minimum Gasteiger partial charge on any atom is -0.490 e. The standard InChI is InChI=1S/C21H17IN4O8S/c1-2-33-20-11-14(10-17(22)21(20)34-35(31,32)16-6-4-3-5-7-16)13-23-24-18-9-8-15(25(27)28)12-19(18)26(29)30/h3-13,24H,2H2,1H3/b23-13-. The zero-order chi connectivity index (χ0) is 25.6. The van der Waals surface area contributed by atoms with E-state index in [-0.39, 0.29) is 28.7 Å². The third-order valence-electron chi connectivity index (χ3n) is 4.34. The van der Waals surface area contributed by atoms with Crippen molar-refractivity contribution in [1.29, 1.82) is 0 Å². The number of non-ortho nitro benzene ring substituents is 1. The summed E-state index contributed by atoms with van der Waals surface area (Å²) in [5, 5.41) is 26.1. The Bertz CT molecular complexity index is 1400. The molecule has 3 aromatic rings. The van der Waals surface area contributed by atoms with E-state index < -0.39 is 31.3 Å². The van der Waals surface area contributed by atoms with E-state index in [1.807, 2.05) is 22.6 Å². The van der Waals surface area contributed by atoms with Gasteiger partial charge in [-0.15, -0.1) is 0 Å². The summed E-state index contributed by atoms with van der Waals surface area (Å²) in [6, 6.07) is 13.8. The predicted molar refractivity (Wildman–Crippen MR) is 136 cm³/mol. The number of hydrogen-bond donors (Lipinski definition) is 1. The Balaban J connectivity index is 1.88. The molecule has 1 N–H and O–H groups in total. The molecule has 0 amide bonds. The second-order valence-electron chi connectivity index (χ2n) is 6.70. The number of nitro groups is 2. The van der Waals surface area contributed by atoms with Gasteiger partial charge >= 0.3 is 15.8 Å². The average Bonchev–Trinajstić information content (AvgIpc) is 2.82. The predicted octanol–water partition coefficient (Wildman–Crippen LogP) is 4.72. The van der Waals surface area contributed by atoms with Crippen LogP contribution in [0, 0.1) is 23.8 Å². The van der Waals surface area contributed by atoms with Crippen LogP contribution in [0.2, 0.25) is 0 Å². The van der Waals surface area contributed by atoms with E-state index in [0.717, 1.165) is 12.1 Å². The molecule has 182 valence electrons. The molecule has 0 bridgehead atoms. The first-order valence-electron chi connectivity index (χ1n) is 9.80. The Kier molecular flexibility index (Phi) is 8.18. The van der Waals surface area contributed by atoms with Gasteiger partial charge in [-0.2, -0.15) is 13.5 Å². The van der Waals surface area contributed by atoms with Gasteiger partial charge in [0.05, 0.1) is 32.3 Å². The number of hydrazone groups is 1. The minimum atomic E-state index is -4.11. The Morgan fingerprint density at radius 3 is 2.40 bits per heavy atom. The van der Waals surface area contributed by atoms with Crippen molar-refractivity contribution in [3.05, 3.63) is 90.0 Å². The fraction of sp³-hybridized carbons (Fsp3) is 0.0952. The monoisotopic (exact) mass is 612 g/mol. The van der Waals surface area contributed by atoms with E-state index in [9.17, 15) is 28.6 Å². The van der Waals surface area contributed by atoms with Crippen LogP contribution in [0.25, 0.3) is 0 Å². The quantitative estimate of drug-likeness (QED) is 0.112. The van der Waals surface area contributed by atoms with Crippen molar-refractivity contribution >= 4 is 56.0 Å². The summed E-state index contributed by atoms with van der Waals surface area (Å²) in [4.78, 5) is 20.6. The van der Waals surface area contributed by atoms with Gasteiger partial charge in [0.15, 0.2) is 11.5 Å². The van der Waals surface area contributed by atoms with Gasteiger partial charge in [0.25, 0.3) is 5.69 Å². The zero-order valence-corrected chi connectivity index (χ0v) is 20.9. The lowest BCUT2D eigenvalue weighted by atomic mass is 10.2. The van der Waals surface area contributed by atoms with Crippen LogP contribution in [0.3, 0.4) is 0 Å². The van der Waals surface area contributed by atoms with Crippen molar-refractivity contribution in [3.63, 3.8) is 0 Å². The molecule has 0 aliphatic rings. The molecule has 0 aromatic heterocycles. The zero-order valence-electron chi connectivity index (χ0n) is 18.0. The smallest absolute Gasteiger partial charge is 0.339 e. The van der Waals surface area contributed by atoms with Crippen LogP contribution < -0.4 is 14.3 Å². The lowest BCUT2D eigenvalue weighted by molar-refractivity contribution is -0.393. The first-order chi connectivity index (χ1) is 16.6. The van der Waals surface area contributed by atoms with E-state index >= 15 is 0 Å². The van der Waals surface area contributed by atoms with Crippen LogP contribution in [0.15, 0.2) is 70.7 Å². The van der Waals surface area contributed by atoms with Crippen LogP contribution in [-0.2, 0) is 10.1 Å². The molecule has 0 heterocycles. The number of hydrogen-bond acceptors (Lipinski definition) is 10. The number of benzene rings is 3. The number of halogens is 1. The average molecular weight is 612 g/mol. The fourth-order valence-electron chi connectivity index (χ4n) is 2.81. The highest BCUT2D eigenvalue weighted by atomic mass is 127. The van der Waals surface area contributed by atoms with Crippen molar-refractivity contribution in [2.24, 2.45) is 5.10 Å². The summed E-state index contributed by atoms with van der Waals surface area (Å²) >= 11 is 1.89. The second kappa shape index (κ2) is 11.1. The van der Waals surface area contributed by atoms with Gasteiger partial charge < -0.3 is 8.92 Å². The van der Waals surface area contributed by atoms with Gasteiger partial charge in [0.2, 0.25) is 0 Å². The Labute approximate surface area is 213 Å². The topological polar surface area (TPSA) is 163 Å². The molecule has 0 fully saturated rings. The van der Waals surface area contributed by atoms with Gasteiger partial charge in [0.1, 0.15) is 10.6 Å². The fourth-order valence-corrected chi connectivity index (χ4v) is 4.67. The summed E-state index contributed by atoms with van der Waals surface area (Å²) in [6.45, 7) is 1.95. The molecule has 35 heavy (non-hydrogen) atoms. The Morgan fingerprint density at radius 1 is 1.06 bits per heavy atom. The van der Waals surface area contributed by atoms with E-state index in [1.54, 1.807) is 31.2 Å². The molecule has 0 radical (unpaired) electrons. The molecule has 0 saturated carbocycles. The van der Waals surface area contributed by atoms with Crippen molar-refractivity contribution in [3.8, 4) is 11.5 Å². The van der Waals surface area contributed by atoms with Crippen LogP contribution >= 0.6 is 22.6 Å². The highest BCUT2D eigenvalue weighted by Gasteiger charge is 2.22. The maximum absolute atomic E-state index is 12.7. The van der Waals surface area contributed by atoms with E-state index in [4.69, 9.17) is 8.92 Å². The van der Waals surface area contributed by atoms with E-state index in [0.29, 0.717) is 9.13 Å². The summed E-state index contributed by atoms with van der Waals surface area (Å²) in [5.74, 6) is 0.161. The normalized spacial score (nSPS) is 11.3. The van der Waals surface area contributed by atoms with E-state index in [2.05, 4.69) is 10.5 Å². The SMILES string of the molecule is CCOc1cc(/C=N\Nc2ccc([N+](=O)[O-])cc2[N+](=O)[O-])cc(I)c1OS(=O)(=O)c1ccccc1. The van der Waals surface area contributed by atoms with Crippen LogP contribution in [0.4, 0.5) is 17.1 Å². The van der Waals surface area contributed by atoms with Gasteiger partial charge in [-0.3, -0.25) is 25.7 Å². The lowest BCUT2D eigenvalue weighted by Crippen LogP contribution is -2.12. The van der Waals surface area contributed by atoms with Crippen LogP contribution in [0.1, 0.15) is 12.5 Å². The van der Waals surface area contributed by atoms with Gasteiger partial charge in [-0.25, -0.2) is 0 Å². The summed E-state index contributed by atoms with van der Waals surface area (Å²) < 4.78 is 36.7. The maximum atomic E-state index is 12.7. The highest BCUT2D eigenvalue weighted by Crippen LogP contribution is 2.36. The second-order valence-corrected chi connectivity index (χ2v) is 9.41. The molecule has 0 aliphatic carbocycles. The minimum absolute atomic E-state index is 0.00687. The maximum Gasteiger partial charge on any atom is 0.339 e. The molecular formula is C21H17IN4O8S. The summed E-state index contributed by atoms with van der Waals surface area (Å²) in [6.07, 6.45) is 1.32. The van der Waals surface area contributed by atoms with Crippen molar-refractivity contribution < 1.29 is 27.2 Å². The number of nitro benzene ring substituents is 2. The molecule has 0 saturated heterocycles. The molecule has 0 spiro atoms. The van der Waals surface area contributed by atoms with Gasteiger partial charge in [0, 0.05) is 6.07 Å². The molecule has 14 heteroatoms. The third-order valence-corrected chi connectivity index (χ3v) is 6.38. The Hall–Kier alpha value is -3.79. The van der Waals surface area contributed by atoms with Crippen LogP contribution in [-0.4, -0.2) is 31.1 Å². The van der Waals surface area contributed by atoms with Crippen molar-refractivity contribution in [1.82, 2.24) is 0 Å². The van der Waals surface area contributed by atoms with Crippen LogP contribution in [0.5, 0.6) is 11.5 Å². The largest absolute Gasteiger partial charge is 0.490 e. The number of nitrogens with zero attached hydrogens (tertiary/aromatic N) is 3. The molecular weight excluding hydrogens is 595 g/mol. The van der Waals surface area contributed by atoms with Gasteiger partial charge in [-0.1, -0.05) is 18.2 Å². The molecule has 0 aliphatic heterocycles. The molecule has 3 aromatic carbocycles. The van der Waals surface area contributed by atoms with Gasteiger partial charge in [-0.05, 0) is 65.4 Å². The van der Waals surface area contributed by atoms with Crippen molar-refractivity contribution in [2.45, 2.75) is 11.8 Å². The first-order valence-corrected chi connectivity index (χ1v) is 12.3. The third kappa shape index (κ3) is 6.42. The molecule has 3 rings (SSSR count). The Morgan fingerprint density at radius 2 is 1.77 bits per heavy atom. The molecule has 0 unspecified atom stereocenters. The summed E-state index contributed by atoms with van der Waals surface area (Å²) in [7, 11) is -4.11. The highest BCUT2D eigenvalue weighted by molar-refractivity contribution is 14.1. The van der Waals surface area contributed by atoms with E-state index in [1.165, 1.54) is 30.5 Å².